The molecule has 0 bridgehead atoms. The number of carbonyl (C=O) groups is 1. The third-order valence-electron chi connectivity index (χ3n) is 6.02. The first-order valence-electron chi connectivity index (χ1n) is 10.3. The molecule has 0 spiro atoms. The van der Waals surface area contributed by atoms with E-state index in [4.69, 9.17) is 0 Å². The van der Waals surface area contributed by atoms with E-state index >= 15 is 0 Å². The second-order valence-electron chi connectivity index (χ2n) is 7.83. The molecule has 1 aromatic heterocycles. The highest BCUT2D eigenvalue weighted by molar-refractivity contribution is 5.93. The first-order chi connectivity index (χ1) is 15.1. The summed E-state index contributed by atoms with van der Waals surface area (Å²) >= 11 is 0. The maximum atomic E-state index is 12.1. The summed E-state index contributed by atoms with van der Waals surface area (Å²) in [6.07, 6.45) is -0.0285. The second kappa shape index (κ2) is 7.72. The standard InChI is InChI=1S/C25H21N3O3/c29-24-22-8-4-3-7-21(22)23(26-27-24)17-11-9-16(10-12-17)19-5-1-2-6-20(19)18-13-14-28(15-18)25(30)31/h1-12,18H,13-15H2,(H,27,29)(H,30,31). The molecule has 154 valence electrons. The van der Waals surface area contributed by atoms with Crippen LogP contribution in [0.2, 0.25) is 0 Å². The minimum Gasteiger partial charge on any atom is -0.465 e. The maximum absolute atomic E-state index is 12.1. The smallest absolute Gasteiger partial charge is 0.407 e. The van der Waals surface area contributed by atoms with Gasteiger partial charge in [-0.05, 0) is 29.2 Å². The van der Waals surface area contributed by atoms with Gasteiger partial charge in [0.1, 0.15) is 0 Å². The lowest BCUT2D eigenvalue weighted by Crippen LogP contribution is -2.26. The van der Waals surface area contributed by atoms with E-state index in [1.54, 1.807) is 6.07 Å². The minimum atomic E-state index is -0.857. The number of rotatable bonds is 3. The van der Waals surface area contributed by atoms with Crippen molar-refractivity contribution in [3.63, 3.8) is 0 Å². The zero-order chi connectivity index (χ0) is 21.4. The Hall–Kier alpha value is -3.93. The van der Waals surface area contributed by atoms with Gasteiger partial charge in [0.25, 0.3) is 5.56 Å². The number of aromatic amines is 1. The molecular formula is C25H21N3O3. The number of benzene rings is 3. The number of amides is 1. The van der Waals surface area contributed by atoms with Crippen LogP contribution in [0.3, 0.4) is 0 Å². The molecular weight excluding hydrogens is 390 g/mol. The van der Waals surface area contributed by atoms with Gasteiger partial charge in [-0.15, -0.1) is 0 Å². The molecule has 0 aliphatic carbocycles. The lowest BCUT2D eigenvalue weighted by atomic mass is 9.89. The molecule has 6 heteroatoms. The quantitative estimate of drug-likeness (QED) is 0.511. The molecule has 0 radical (unpaired) electrons. The van der Waals surface area contributed by atoms with Crippen LogP contribution in [0.5, 0.6) is 0 Å². The van der Waals surface area contributed by atoms with Crippen LogP contribution in [0.15, 0.2) is 77.6 Å². The van der Waals surface area contributed by atoms with Crippen molar-refractivity contribution in [2.75, 3.05) is 13.1 Å². The van der Waals surface area contributed by atoms with Crippen LogP contribution in [-0.4, -0.2) is 39.4 Å². The molecule has 5 rings (SSSR count). The third-order valence-corrected chi connectivity index (χ3v) is 6.02. The lowest BCUT2D eigenvalue weighted by molar-refractivity contribution is 0.155. The number of aromatic nitrogens is 2. The third kappa shape index (κ3) is 3.46. The molecule has 1 aliphatic rings. The van der Waals surface area contributed by atoms with E-state index in [1.165, 1.54) is 10.5 Å². The summed E-state index contributed by atoms with van der Waals surface area (Å²) in [6, 6.07) is 23.8. The summed E-state index contributed by atoms with van der Waals surface area (Å²) in [5, 5.41) is 17.6. The fourth-order valence-corrected chi connectivity index (χ4v) is 4.45. The zero-order valence-electron chi connectivity index (χ0n) is 16.8. The Labute approximate surface area is 178 Å². The fraction of sp³-hybridized carbons (Fsp3) is 0.160. The molecule has 4 aromatic rings. The van der Waals surface area contributed by atoms with Crippen molar-refractivity contribution in [3.05, 3.63) is 88.7 Å². The number of fused-ring (bicyclic) bond motifs is 1. The summed E-state index contributed by atoms with van der Waals surface area (Å²) in [5.74, 6) is 0.191. The van der Waals surface area contributed by atoms with Gasteiger partial charge in [-0.2, -0.15) is 5.10 Å². The van der Waals surface area contributed by atoms with E-state index in [0.29, 0.717) is 18.5 Å². The molecule has 1 fully saturated rings. The summed E-state index contributed by atoms with van der Waals surface area (Å²) in [5.41, 5.74) is 4.82. The Balaban J connectivity index is 1.51. The van der Waals surface area contributed by atoms with Gasteiger partial charge in [0.2, 0.25) is 0 Å². The number of hydrogen-bond acceptors (Lipinski definition) is 3. The van der Waals surface area contributed by atoms with Crippen molar-refractivity contribution in [1.29, 1.82) is 0 Å². The maximum Gasteiger partial charge on any atom is 0.407 e. The average molecular weight is 411 g/mol. The predicted octanol–water partition coefficient (Wildman–Crippen LogP) is 4.72. The number of likely N-dealkylation sites (tertiary alicyclic amines) is 1. The molecule has 1 aliphatic heterocycles. The van der Waals surface area contributed by atoms with Crippen molar-refractivity contribution in [1.82, 2.24) is 15.1 Å². The van der Waals surface area contributed by atoms with Gasteiger partial charge in [0, 0.05) is 30.0 Å². The van der Waals surface area contributed by atoms with Gasteiger partial charge in [0.05, 0.1) is 11.1 Å². The van der Waals surface area contributed by atoms with Crippen molar-refractivity contribution in [3.8, 4) is 22.4 Å². The molecule has 1 amide bonds. The van der Waals surface area contributed by atoms with Gasteiger partial charge in [-0.1, -0.05) is 66.7 Å². The van der Waals surface area contributed by atoms with Crippen LogP contribution >= 0.6 is 0 Å². The van der Waals surface area contributed by atoms with Gasteiger partial charge < -0.3 is 10.0 Å². The van der Waals surface area contributed by atoms with Crippen LogP contribution in [0.25, 0.3) is 33.2 Å². The predicted molar refractivity (Wildman–Crippen MR) is 120 cm³/mol. The van der Waals surface area contributed by atoms with E-state index in [-0.39, 0.29) is 11.5 Å². The van der Waals surface area contributed by atoms with Gasteiger partial charge in [0.15, 0.2) is 0 Å². The normalized spacial score (nSPS) is 16.0. The first kappa shape index (κ1) is 19.1. The molecule has 31 heavy (non-hydrogen) atoms. The zero-order valence-corrected chi connectivity index (χ0v) is 16.8. The molecule has 1 unspecified atom stereocenters. The summed E-state index contributed by atoms with van der Waals surface area (Å²) in [6.45, 7) is 1.09. The van der Waals surface area contributed by atoms with E-state index < -0.39 is 6.09 Å². The van der Waals surface area contributed by atoms with Gasteiger partial charge in [-0.25, -0.2) is 9.89 Å². The Morgan fingerprint density at radius 1 is 0.935 bits per heavy atom. The highest BCUT2D eigenvalue weighted by atomic mass is 16.4. The van der Waals surface area contributed by atoms with Crippen LogP contribution in [0, 0.1) is 0 Å². The van der Waals surface area contributed by atoms with Crippen LogP contribution in [0.1, 0.15) is 17.9 Å². The van der Waals surface area contributed by atoms with E-state index in [9.17, 15) is 14.7 Å². The van der Waals surface area contributed by atoms with Crippen molar-refractivity contribution < 1.29 is 9.90 Å². The van der Waals surface area contributed by atoms with Crippen LogP contribution in [-0.2, 0) is 0 Å². The van der Waals surface area contributed by atoms with E-state index in [1.807, 2.05) is 42.5 Å². The Kier molecular flexibility index (Phi) is 4.75. The van der Waals surface area contributed by atoms with Crippen molar-refractivity contribution >= 4 is 16.9 Å². The molecule has 0 saturated carbocycles. The lowest BCUT2D eigenvalue weighted by Gasteiger charge is -2.17. The van der Waals surface area contributed by atoms with Gasteiger partial charge in [-0.3, -0.25) is 4.79 Å². The molecule has 1 saturated heterocycles. The Morgan fingerprint density at radius 2 is 1.61 bits per heavy atom. The van der Waals surface area contributed by atoms with Gasteiger partial charge >= 0.3 is 6.09 Å². The molecule has 1 atom stereocenters. The number of nitrogens with zero attached hydrogens (tertiary/aromatic N) is 2. The first-order valence-corrected chi connectivity index (χ1v) is 10.3. The molecule has 2 heterocycles. The Bertz CT molecular complexity index is 1330. The number of hydrogen-bond donors (Lipinski definition) is 2. The number of H-pyrrole nitrogens is 1. The average Bonchev–Trinajstić information content (AvgIpc) is 3.31. The molecule has 6 nitrogen and oxygen atoms in total. The highest BCUT2D eigenvalue weighted by Crippen LogP contribution is 2.35. The SMILES string of the molecule is O=C(O)N1CCC(c2ccccc2-c2ccc(-c3n[nH]c(=O)c4ccccc34)cc2)C1. The second-order valence-corrected chi connectivity index (χ2v) is 7.83. The van der Waals surface area contributed by atoms with Crippen LogP contribution in [0.4, 0.5) is 4.79 Å². The summed E-state index contributed by atoms with van der Waals surface area (Å²) in [7, 11) is 0. The fourth-order valence-electron chi connectivity index (χ4n) is 4.45. The highest BCUT2D eigenvalue weighted by Gasteiger charge is 2.28. The van der Waals surface area contributed by atoms with E-state index in [2.05, 4.69) is 34.5 Å². The van der Waals surface area contributed by atoms with Crippen molar-refractivity contribution in [2.24, 2.45) is 0 Å². The summed E-state index contributed by atoms with van der Waals surface area (Å²) < 4.78 is 0. The largest absolute Gasteiger partial charge is 0.465 e. The monoisotopic (exact) mass is 411 g/mol. The topological polar surface area (TPSA) is 86.3 Å². The van der Waals surface area contributed by atoms with Crippen molar-refractivity contribution in [2.45, 2.75) is 12.3 Å². The number of carboxylic acid groups (broad SMARTS) is 1. The van der Waals surface area contributed by atoms with Crippen LogP contribution < -0.4 is 5.56 Å². The molecule has 3 aromatic carbocycles. The van der Waals surface area contributed by atoms with E-state index in [0.717, 1.165) is 34.2 Å². The summed E-state index contributed by atoms with van der Waals surface area (Å²) in [4.78, 5) is 24.9. The molecule has 2 N–H and O–H groups in total. The Morgan fingerprint density at radius 3 is 2.35 bits per heavy atom. The minimum absolute atomic E-state index is 0.191. The number of nitrogens with one attached hydrogen (secondary N) is 1.